The summed E-state index contributed by atoms with van der Waals surface area (Å²) < 4.78 is 42.2. The molecule has 1 N–H and O–H groups in total. The Balaban J connectivity index is 2.33. The second kappa shape index (κ2) is 5.77. The van der Waals surface area contributed by atoms with Crippen LogP contribution in [0.25, 0.3) is 10.4 Å². The zero-order valence-electron chi connectivity index (χ0n) is 10.9. The van der Waals surface area contributed by atoms with E-state index in [0.717, 1.165) is 23.5 Å². The predicted molar refractivity (Wildman–Crippen MR) is 72.4 cm³/mol. The molecular weight excluding hydrogens is 305 g/mol. The first-order valence-electron chi connectivity index (χ1n) is 5.99. The molecular formula is C14H11F3O3S. The number of rotatable bonds is 3. The molecule has 0 bridgehead atoms. The molecule has 0 aliphatic carbocycles. The second-order valence-corrected chi connectivity index (χ2v) is 5.00. The highest BCUT2D eigenvalue weighted by atomic mass is 32.1. The van der Waals surface area contributed by atoms with Gasteiger partial charge in [0, 0.05) is 5.38 Å². The van der Waals surface area contributed by atoms with Crippen molar-refractivity contribution in [1.82, 2.24) is 0 Å². The fourth-order valence-corrected chi connectivity index (χ4v) is 2.66. The minimum absolute atomic E-state index is 0.0109. The molecule has 0 spiro atoms. The summed E-state index contributed by atoms with van der Waals surface area (Å²) in [6.07, 6.45) is -4.41. The molecule has 1 aromatic carbocycles. The number of hydrogen-bond acceptors (Lipinski definition) is 4. The molecule has 0 atom stereocenters. The maximum atomic E-state index is 12.5. The first-order valence-corrected chi connectivity index (χ1v) is 6.87. The molecule has 0 saturated heterocycles. The normalized spacial score (nSPS) is 11.4. The van der Waals surface area contributed by atoms with Crippen molar-refractivity contribution in [2.45, 2.75) is 13.1 Å². The van der Waals surface area contributed by atoms with Crippen LogP contribution in [0, 0.1) is 0 Å². The van der Waals surface area contributed by atoms with Gasteiger partial charge in [-0.1, -0.05) is 12.1 Å². The number of esters is 1. The van der Waals surface area contributed by atoms with E-state index in [0.29, 0.717) is 10.4 Å². The molecule has 1 aromatic heterocycles. The van der Waals surface area contributed by atoms with Crippen LogP contribution in [0.3, 0.4) is 0 Å². The summed E-state index contributed by atoms with van der Waals surface area (Å²) in [5, 5.41) is 11.4. The Kier molecular flexibility index (Phi) is 4.22. The zero-order valence-corrected chi connectivity index (χ0v) is 11.7. The van der Waals surface area contributed by atoms with E-state index in [9.17, 15) is 23.1 Å². The minimum atomic E-state index is -4.41. The second-order valence-electron chi connectivity index (χ2n) is 4.12. The van der Waals surface area contributed by atoms with Crippen molar-refractivity contribution < 1.29 is 27.8 Å². The number of alkyl halides is 3. The Morgan fingerprint density at radius 3 is 2.43 bits per heavy atom. The van der Waals surface area contributed by atoms with Crippen LogP contribution in [-0.2, 0) is 10.9 Å². The Hall–Kier alpha value is -2.02. The van der Waals surface area contributed by atoms with Gasteiger partial charge in [-0.3, -0.25) is 0 Å². The number of benzene rings is 1. The average Bonchev–Trinajstić information content (AvgIpc) is 2.80. The van der Waals surface area contributed by atoms with Gasteiger partial charge in [-0.25, -0.2) is 4.79 Å². The molecule has 1 heterocycles. The van der Waals surface area contributed by atoms with Crippen molar-refractivity contribution in [1.29, 1.82) is 0 Å². The molecule has 2 rings (SSSR count). The molecule has 0 aliphatic heterocycles. The fraction of sp³-hybridized carbons (Fsp3) is 0.214. The van der Waals surface area contributed by atoms with Crippen LogP contribution in [0.1, 0.15) is 22.8 Å². The van der Waals surface area contributed by atoms with Gasteiger partial charge >= 0.3 is 12.1 Å². The first-order chi connectivity index (χ1) is 9.84. The highest BCUT2D eigenvalue weighted by molar-refractivity contribution is 7.14. The van der Waals surface area contributed by atoms with Crippen LogP contribution in [0.5, 0.6) is 5.75 Å². The molecule has 0 amide bonds. The molecule has 0 aliphatic rings. The average molecular weight is 316 g/mol. The molecule has 0 fully saturated rings. The van der Waals surface area contributed by atoms with Gasteiger partial charge < -0.3 is 9.84 Å². The Labute approximate surface area is 122 Å². The van der Waals surface area contributed by atoms with Gasteiger partial charge in [-0.15, -0.1) is 11.3 Å². The van der Waals surface area contributed by atoms with E-state index in [1.165, 1.54) is 17.5 Å². The Morgan fingerprint density at radius 1 is 1.29 bits per heavy atom. The first kappa shape index (κ1) is 15.4. The summed E-state index contributed by atoms with van der Waals surface area (Å²) >= 11 is 1.06. The number of hydrogen-bond donors (Lipinski definition) is 1. The molecule has 0 saturated carbocycles. The van der Waals surface area contributed by atoms with Gasteiger partial charge in [0.25, 0.3) is 0 Å². The largest absolute Gasteiger partial charge is 0.506 e. The zero-order chi connectivity index (χ0) is 15.6. The van der Waals surface area contributed by atoms with Gasteiger partial charge in [-0.2, -0.15) is 13.2 Å². The molecule has 2 aromatic rings. The monoisotopic (exact) mass is 316 g/mol. The number of carbonyl (C=O) groups excluding carboxylic acids is 1. The van der Waals surface area contributed by atoms with Crippen LogP contribution in [-0.4, -0.2) is 17.7 Å². The van der Waals surface area contributed by atoms with Crippen LogP contribution in [0.2, 0.25) is 0 Å². The number of halogens is 3. The fourth-order valence-electron chi connectivity index (χ4n) is 1.72. The van der Waals surface area contributed by atoms with Crippen LogP contribution in [0.15, 0.2) is 29.6 Å². The highest BCUT2D eigenvalue weighted by Gasteiger charge is 2.30. The topological polar surface area (TPSA) is 46.5 Å². The lowest BCUT2D eigenvalue weighted by molar-refractivity contribution is -0.137. The van der Waals surface area contributed by atoms with E-state index in [4.69, 9.17) is 4.74 Å². The summed E-state index contributed by atoms with van der Waals surface area (Å²) in [6.45, 7) is 1.81. The molecule has 21 heavy (non-hydrogen) atoms. The van der Waals surface area contributed by atoms with Crippen LogP contribution >= 0.6 is 11.3 Å². The number of ether oxygens (including phenoxy) is 1. The van der Waals surface area contributed by atoms with Crippen molar-refractivity contribution >= 4 is 17.3 Å². The molecule has 0 radical (unpaired) electrons. The third kappa shape index (κ3) is 3.18. The van der Waals surface area contributed by atoms with Crippen molar-refractivity contribution in [2.24, 2.45) is 0 Å². The summed E-state index contributed by atoms with van der Waals surface area (Å²) in [6, 6.07) is 4.36. The van der Waals surface area contributed by atoms with Crippen molar-refractivity contribution in [3.8, 4) is 16.2 Å². The third-order valence-electron chi connectivity index (χ3n) is 2.73. The quantitative estimate of drug-likeness (QED) is 0.858. The summed E-state index contributed by atoms with van der Waals surface area (Å²) in [7, 11) is 0. The van der Waals surface area contributed by atoms with Crippen molar-refractivity contribution in [3.63, 3.8) is 0 Å². The smallest absolute Gasteiger partial charge is 0.416 e. The lowest BCUT2D eigenvalue weighted by Gasteiger charge is -2.07. The number of carbonyl (C=O) groups is 1. The standard InChI is InChI=1S/C14H11F3O3S/c1-2-20-13(19)10-7-21-12(11(10)18)8-3-5-9(6-4-8)14(15,16)17/h3-7,18H,2H2,1H3. The Bertz CT molecular complexity index is 644. The van der Waals surface area contributed by atoms with Gasteiger partial charge in [-0.05, 0) is 24.6 Å². The van der Waals surface area contributed by atoms with E-state index in [1.807, 2.05) is 0 Å². The lowest BCUT2D eigenvalue weighted by Crippen LogP contribution is -2.04. The maximum Gasteiger partial charge on any atom is 0.416 e. The predicted octanol–water partition coefficient (Wildman–Crippen LogP) is 4.32. The number of thiophene rings is 1. The molecule has 112 valence electrons. The van der Waals surface area contributed by atoms with E-state index in [-0.39, 0.29) is 17.9 Å². The van der Waals surface area contributed by atoms with Gasteiger partial charge in [0.1, 0.15) is 11.3 Å². The van der Waals surface area contributed by atoms with Crippen molar-refractivity contribution in [2.75, 3.05) is 6.61 Å². The van der Waals surface area contributed by atoms with Gasteiger partial charge in [0.15, 0.2) is 0 Å². The van der Waals surface area contributed by atoms with E-state index in [1.54, 1.807) is 6.92 Å². The van der Waals surface area contributed by atoms with E-state index in [2.05, 4.69) is 0 Å². The van der Waals surface area contributed by atoms with E-state index < -0.39 is 17.7 Å². The third-order valence-corrected chi connectivity index (χ3v) is 3.75. The molecule has 7 heteroatoms. The van der Waals surface area contributed by atoms with Gasteiger partial charge in [0.05, 0.1) is 17.0 Å². The lowest BCUT2D eigenvalue weighted by atomic mass is 10.1. The Morgan fingerprint density at radius 2 is 1.90 bits per heavy atom. The molecule has 0 unspecified atom stereocenters. The van der Waals surface area contributed by atoms with Crippen LogP contribution < -0.4 is 0 Å². The molecule has 3 nitrogen and oxygen atoms in total. The minimum Gasteiger partial charge on any atom is -0.506 e. The van der Waals surface area contributed by atoms with Crippen molar-refractivity contribution in [3.05, 3.63) is 40.8 Å². The highest BCUT2D eigenvalue weighted by Crippen LogP contribution is 2.39. The maximum absolute atomic E-state index is 12.5. The summed E-state index contributed by atoms with van der Waals surface area (Å²) in [5.74, 6) is -0.942. The SMILES string of the molecule is CCOC(=O)c1csc(-c2ccc(C(F)(F)F)cc2)c1O. The number of aromatic hydroxyl groups is 1. The van der Waals surface area contributed by atoms with E-state index >= 15 is 0 Å². The van der Waals surface area contributed by atoms with Gasteiger partial charge in [0.2, 0.25) is 0 Å². The summed E-state index contributed by atoms with van der Waals surface area (Å²) in [4.78, 5) is 11.9. The van der Waals surface area contributed by atoms with Crippen LogP contribution in [0.4, 0.5) is 13.2 Å². The summed E-state index contributed by atoms with van der Waals surface area (Å²) in [5.41, 5.74) is -0.356.